The van der Waals surface area contributed by atoms with Crippen molar-refractivity contribution >= 4 is 0 Å². The Hall–Kier alpha value is -1.26. The van der Waals surface area contributed by atoms with Crippen LogP contribution in [0.2, 0.25) is 0 Å². The predicted octanol–water partition coefficient (Wildman–Crippen LogP) is 3.12. The maximum absolute atomic E-state index is 5.82. The summed E-state index contributed by atoms with van der Waals surface area (Å²) in [7, 11) is 3.39. The molecule has 0 saturated heterocycles. The first-order chi connectivity index (χ1) is 10.1. The van der Waals surface area contributed by atoms with Crippen LogP contribution in [0.4, 0.5) is 0 Å². The Morgan fingerprint density at radius 1 is 1.05 bits per heavy atom. The highest BCUT2D eigenvalue weighted by atomic mass is 16.5. The number of hydrogen-bond donors (Lipinski definition) is 1. The molecule has 0 fully saturated rings. The van der Waals surface area contributed by atoms with E-state index in [-0.39, 0.29) is 5.41 Å². The number of methoxy groups -OCH3 is 2. The Kier molecular flexibility index (Phi) is 8.16. The molecule has 0 aromatic heterocycles. The monoisotopic (exact) mass is 295 g/mol. The number of hydrogen-bond acceptors (Lipinski definition) is 4. The molecule has 1 aromatic carbocycles. The first-order valence-electron chi connectivity index (χ1n) is 7.60. The molecule has 0 heterocycles. The normalized spacial score (nSPS) is 13.7. The van der Waals surface area contributed by atoms with E-state index in [0.717, 1.165) is 50.6 Å². The Bertz CT molecular complexity index is 380. The molecular weight excluding hydrogens is 266 g/mol. The Morgan fingerprint density at radius 2 is 1.71 bits per heavy atom. The second kappa shape index (κ2) is 9.64. The van der Waals surface area contributed by atoms with Gasteiger partial charge < -0.3 is 19.5 Å². The lowest BCUT2D eigenvalue weighted by atomic mass is 9.84. The van der Waals surface area contributed by atoms with Crippen LogP contribution in [0.15, 0.2) is 24.3 Å². The third kappa shape index (κ3) is 6.82. The molecule has 1 rings (SSSR count). The molecule has 0 aliphatic rings. The van der Waals surface area contributed by atoms with Crippen LogP contribution in [0.3, 0.4) is 0 Å². The second-order valence-corrected chi connectivity index (χ2v) is 5.61. The van der Waals surface area contributed by atoms with Gasteiger partial charge in [0.2, 0.25) is 0 Å². The van der Waals surface area contributed by atoms with Crippen molar-refractivity contribution in [2.75, 3.05) is 40.5 Å². The summed E-state index contributed by atoms with van der Waals surface area (Å²) in [6.45, 7) is 7.88. The minimum atomic E-state index is 0.250. The largest absolute Gasteiger partial charge is 0.497 e. The van der Waals surface area contributed by atoms with Crippen molar-refractivity contribution in [3.63, 3.8) is 0 Å². The van der Waals surface area contributed by atoms with Gasteiger partial charge in [0.1, 0.15) is 11.5 Å². The SMILES string of the molecule is CCC(C)(CCOc1ccc(OC)cc1)CNCCOC. The van der Waals surface area contributed by atoms with E-state index in [9.17, 15) is 0 Å². The number of rotatable bonds is 11. The maximum atomic E-state index is 5.82. The lowest BCUT2D eigenvalue weighted by Gasteiger charge is -2.28. The fraction of sp³-hybridized carbons (Fsp3) is 0.647. The zero-order valence-electron chi connectivity index (χ0n) is 13.8. The van der Waals surface area contributed by atoms with Gasteiger partial charge in [-0.15, -0.1) is 0 Å². The van der Waals surface area contributed by atoms with Gasteiger partial charge in [-0.2, -0.15) is 0 Å². The van der Waals surface area contributed by atoms with Gasteiger partial charge in [0.05, 0.1) is 20.3 Å². The van der Waals surface area contributed by atoms with Gasteiger partial charge in [0.25, 0.3) is 0 Å². The van der Waals surface area contributed by atoms with E-state index in [1.165, 1.54) is 0 Å². The van der Waals surface area contributed by atoms with E-state index in [2.05, 4.69) is 19.2 Å². The molecule has 0 saturated carbocycles. The highest BCUT2D eigenvalue weighted by Gasteiger charge is 2.21. The van der Waals surface area contributed by atoms with Crippen molar-refractivity contribution in [2.45, 2.75) is 26.7 Å². The lowest BCUT2D eigenvalue weighted by Crippen LogP contribution is -2.34. The van der Waals surface area contributed by atoms with Gasteiger partial charge in [-0.05, 0) is 42.5 Å². The Morgan fingerprint density at radius 3 is 2.29 bits per heavy atom. The van der Waals surface area contributed by atoms with Crippen LogP contribution < -0.4 is 14.8 Å². The highest BCUT2D eigenvalue weighted by Crippen LogP contribution is 2.25. The quantitative estimate of drug-likeness (QED) is 0.637. The smallest absolute Gasteiger partial charge is 0.119 e. The first kappa shape index (κ1) is 17.8. The van der Waals surface area contributed by atoms with Crippen molar-refractivity contribution in [3.05, 3.63) is 24.3 Å². The number of nitrogens with one attached hydrogen (secondary N) is 1. The molecule has 1 N–H and O–H groups in total. The van der Waals surface area contributed by atoms with Crippen LogP contribution in [-0.2, 0) is 4.74 Å². The van der Waals surface area contributed by atoms with Crippen LogP contribution in [0, 0.1) is 5.41 Å². The lowest BCUT2D eigenvalue weighted by molar-refractivity contribution is 0.176. The van der Waals surface area contributed by atoms with Crippen molar-refractivity contribution < 1.29 is 14.2 Å². The van der Waals surface area contributed by atoms with Gasteiger partial charge in [-0.1, -0.05) is 13.8 Å². The van der Waals surface area contributed by atoms with Crippen molar-refractivity contribution in [2.24, 2.45) is 5.41 Å². The molecular formula is C17H29NO3. The van der Waals surface area contributed by atoms with Gasteiger partial charge in [-0.3, -0.25) is 0 Å². The number of ether oxygens (including phenoxy) is 3. The van der Waals surface area contributed by atoms with E-state index < -0.39 is 0 Å². The number of benzene rings is 1. The van der Waals surface area contributed by atoms with E-state index in [4.69, 9.17) is 14.2 Å². The summed E-state index contributed by atoms with van der Waals surface area (Å²) in [4.78, 5) is 0. The average Bonchev–Trinajstić information content (AvgIpc) is 2.52. The van der Waals surface area contributed by atoms with E-state index in [1.54, 1.807) is 14.2 Å². The van der Waals surface area contributed by atoms with Gasteiger partial charge in [-0.25, -0.2) is 0 Å². The zero-order valence-corrected chi connectivity index (χ0v) is 13.8. The molecule has 0 aliphatic heterocycles. The summed E-state index contributed by atoms with van der Waals surface area (Å²) in [6, 6.07) is 7.72. The van der Waals surface area contributed by atoms with Crippen LogP contribution in [0.1, 0.15) is 26.7 Å². The standard InChI is InChI=1S/C17H29NO3/c1-5-17(2,14-18-11-13-19-3)10-12-21-16-8-6-15(20-4)7-9-16/h6-9,18H,5,10-14H2,1-4H3. The average molecular weight is 295 g/mol. The van der Waals surface area contributed by atoms with E-state index in [1.807, 2.05) is 24.3 Å². The maximum Gasteiger partial charge on any atom is 0.119 e. The minimum Gasteiger partial charge on any atom is -0.497 e. The van der Waals surface area contributed by atoms with E-state index in [0.29, 0.717) is 0 Å². The van der Waals surface area contributed by atoms with Gasteiger partial charge >= 0.3 is 0 Å². The molecule has 0 spiro atoms. The third-order valence-corrected chi connectivity index (χ3v) is 3.92. The summed E-state index contributed by atoms with van der Waals surface area (Å²) in [6.07, 6.45) is 2.15. The molecule has 0 amide bonds. The van der Waals surface area contributed by atoms with Gasteiger partial charge in [0.15, 0.2) is 0 Å². The molecule has 0 radical (unpaired) electrons. The van der Waals surface area contributed by atoms with Crippen LogP contribution in [0.25, 0.3) is 0 Å². The molecule has 4 nitrogen and oxygen atoms in total. The molecule has 1 aromatic rings. The molecule has 1 atom stereocenters. The molecule has 21 heavy (non-hydrogen) atoms. The fourth-order valence-electron chi connectivity index (χ4n) is 2.04. The highest BCUT2D eigenvalue weighted by molar-refractivity contribution is 5.31. The van der Waals surface area contributed by atoms with Crippen molar-refractivity contribution in [1.29, 1.82) is 0 Å². The zero-order chi connectivity index (χ0) is 15.6. The molecule has 0 aliphatic carbocycles. The second-order valence-electron chi connectivity index (χ2n) is 5.61. The fourth-order valence-corrected chi connectivity index (χ4v) is 2.04. The van der Waals surface area contributed by atoms with Gasteiger partial charge in [0, 0.05) is 20.2 Å². The van der Waals surface area contributed by atoms with Crippen molar-refractivity contribution in [1.82, 2.24) is 5.32 Å². The Balaban J connectivity index is 2.32. The summed E-state index contributed by atoms with van der Waals surface area (Å²) < 4.78 is 16.0. The molecule has 0 bridgehead atoms. The summed E-state index contributed by atoms with van der Waals surface area (Å²) in [5.74, 6) is 1.74. The Labute approximate surface area is 128 Å². The molecule has 1 unspecified atom stereocenters. The first-order valence-corrected chi connectivity index (χ1v) is 7.60. The minimum absolute atomic E-state index is 0.250. The van der Waals surface area contributed by atoms with E-state index >= 15 is 0 Å². The van der Waals surface area contributed by atoms with Crippen LogP contribution >= 0.6 is 0 Å². The summed E-state index contributed by atoms with van der Waals surface area (Å²) >= 11 is 0. The summed E-state index contributed by atoms with van der Waals surface area (Å²) in [5, 5.41) is 3.44. The van der Waals surface area contributed by atoms with Crippen LogP contribution in [-0.4, -0.2) is 40.5 Å². The van der Waals surface area contributed by atoms with Crippen molar-refractivity contribution in [3.8, 4) is 11.5 Å². The molecule has 4 heteroatoms. The van der Waals surface area contributed by atoms with Crippen LogP contribution in [0.5, 0.6) is 11.5 Å². The topological polar surface area (TPSA) is 39.7 Å². The summed E-state index contributed by atoms with van der Waals surface area (Å²) in [5.41, 5.74) is 0.250. The predicted molar refractivity (Wildman–Crippen MR) is 86.2 cm³/mol. The molecule has 120 valence electrons. The third-order valence-electron chi connectivity index (χ3n) is 3.92.